The van der Waals surface area contributed by atoms with Crippen molar-refractivity contribution in [1.29, 1.82) is 0 Å². The Labute approximate surface area is 85.2 Å². The predicted octanol–water partition coefficient (Wildman–Crippen LogP) is 1.33. The van der Waals surface area contributed by atoms with Gasteiger partial charge in [-0.1, -0.05) is 0 Å². The number of rotatable bonds is 2. The highest BCUT2D eigenvalue weighted by Gasteiger charge is 2.58. The van der Waals surface area contributed by atoms with Gasteiger partial charge < -0.3 is 10.1 Å². The van der Waals surface area contributed by atoms with E-state index in [0.29, 0.717) is 5.92 Å². The van der Waals surface area contributed by atoms with Crippen LogP contribution in [0.25, 0.3) is 0 Å². The van der Waals surface area contributed by atoms with Crippen LogP contribution in [0.5, 0.6) is 0 Å². The summed E-state index contributed by atoms with van der Waals surface area (Å²) in [5.74, 6) is 0.550. The highest BCUT2D eigenvalue weighted by Crippen LogP contribution is 2.54. The second-order valence-electron chi connectivity index (χ2n) is 5.51. The predicted molar refractivity (Wildman–Crippen MR) is 53.9 cm³/mol. The lowest BCUT2D eigenvalue weighted by Gasteiger charge is -2.35. The van der Waals surface area contributed by atoms with Crippen LogP contribution in [0, 0.1) is 11.3 Å². The van der Waals surface area contributed by atoms with Gasteiger partial charge in [-0.15, -0.1) is 0 Å². The van der Waals surface area contributed by atoms with E-state index in [4.69, 9.17) is 4.74 Å². The molecule has 0 bridgehead atoms. The third kappa shape index (κ3) is 1.65. The van der Waals surface area contributed by atoms with Crippen LogP contribution in [0.15, 0.2) is 0 Å². The molecule has 80 valence electrons. The zero-order valence-corrected chi connectivity index (χ0v) is 9.22. The molecule has 2 rings (SSSR count). The summed E-state index contributed by atoms with van der Waals surface area (Å²) in [6.45, 7) is 7.76. The van der Waals surface area contributed by atoms with Crippen molar-refractivity contribution in [3.8, 4) is 0 Å². The van der Waals surface area contributed by atoms with Crippen LogP contribution in [0.4, 0.5) is 0 Å². The average molecular weight is 197 g/mol. The van der Waals surface area contributed by atoms with Crippen LogP contribution in [-0.2, 0) is 9.53 Å². The van der Waals surface area contributed by atoms with Crippen LogP contribution in [-0.4, -0.2) is 24.7 Å². The maximum Gasteiger partial charge on any atom is 0.312 e. The van der Waals surface area contributed by atoms with Gasteiger partial charge in [-0.3, -0.25) is 4.79 Å². The Morgan fingerprint density at radius 1 is 1.36 bits per heavy atom. The second-order valence-corrected chi connectivity index (χ2v) is 5.51. The van der Waals surface area contributed by atoms with Gasteiger partial charge in [-0.25, -0.2) is 0 Å². The van der Waals surface area contributed by atoms with E-state index >= 15 is 0 Å². The Kier molecular flexibility index (Phi) is 2.11. The molecule has 0 unspecified atom stereocenters. The van der Waals surface area contributed by atoms with Crippen molar-refractivity contribution in [3.05, 3.63) is 0 Å². The summed E-state index contributed by atoms with van der Waals surface area (Å²) in [6, 6.07) is 0. The van der Waals surface area contributed by atoms with E-state index in [2.05, 4.69) is 5.32 Å². The molecule has 1 saturated heterocycles. The molecule has 1 N–H and O–H groups in total. The number of hydrogen-bond donors (Lipinski definition) is 1. The number of esters is 1. The number of carbonyl (C=O) groups excluding carboxylic acids is 1. The topological polar surface area (TPSA) is 38.3 Å². The molecule has 0 radical (unpaired) electrons. The van der Waals surface area contributed by atoms with Crippen molar-refractivity contribution in [2.75, 3.05) is 13.1 Å². The SMILES string of the molecule is CC(C)(C)OC(=O)C1(C2CNC2)CC1. The Morgan fingerprint density at radius 3 is 2.21 bits per heavy atom. The normalized spacial score (nSPS) is 25.4. The van der Waals surface area contributed by atoms with Crippen molar-refractivity contribution in [2.24, 2.45) is 11.3 Å². The molecule has 0 aromatic rings. The lowest BCUT2D eigenvalue weighted by Crippen LogP contribution is -2.50. The Bertz CT molecular complexity index is 247. The number of nitrogens with one attached hydrogen (secondary N) is 1. The molecule has 2 aliphatic rings. The highest BCUT2D eigenvalue weighted by atomic mass is 16.6. The smallest absolute Gasteiger partial charge is 0.312 e. The van der Waals surface area contributed by atoms with Crippen molar-refractivity contribution in [1.82, 2.24) is 5.32 Å². The zero-order valence-electron chi connectivity index (χ0n) is 9.22. The Hall–Kier alpha value is -0.570. The maximum atomic E-state index is 11.9. The molecule has 0 aromatic heterocycles. The second kappa shape index (κ2) is 2.96. The van der Waals surface area contributed by atoms with Gasteiger partial charge in [0.2, 0.25) is 0 Å². The number of carbonyl (C=O) groups is 1. The van der Waals surface area contributed by atoms with Gasteiger partial charge in [-0.2, -0.15) is 0 Å². The van der Waals surface area contributed by atoms with Crippen molar-refractivity contribution >= 4 is 5.97 Å². The molecule has 1 saturated carbocycles. The summed E-state index contributed by atoms with van der Waals surface area (Å²) in [5.41, 5.74) is -0.456. The van der Waals surface area contributed by atoms with E-state index in [-0.39, 0.29) is 17.0 Å². The summed E-state index contributed by atoms with van der Waals surface area (Å²) >= 11 is 0. The van der Waals surface area contributed by atoms with Crippen molar-refractivity contribution in [2.45, 2.75) is 39.2 Å². The molecule has 1 aliphatic heterocycles. The summed E-state index contributed by atoms with van der Waals surface area (Å²) in [4.78, 5) is 11.9. The lowest BCUT2D eigenvalue weighted by molar-refractivity contribution is -0.165. The third-order valence-corrected chi connectivity index (χ3v) is 3.16. The minimum atomic E-state index is -0.343. The van der Waals surface area contributed by atoms with Crippen LogP contribution >= 0.6 is 0 Å². The first-order chi connectivity index (χ1) is 6.44. The summed E-state index contributed by atoms with van der Waals surface area (Å²) < 4.78 is 5.46. The maximum absolute atomic E-state index is 11.9. The molecule has 1 heterocycles. The number of ether oxygens (including phenoxy) is 1. The van der Waals surface area contributed by atoms with Crippen molar-refractivity contribution < 1.29 is 9.53 Å². The fourth-order valence-electron chi connectivity index (χ4n) is 1.97. The van der Waals surface area contributed by atoms with Crippen LogP contribution in [0.3, 0.4) is 0 Å². The third-order valence-electron chi connectivity index (χ3n) is 3.16. The standard InChI is InChI=1S/C11H19NO2/c1-10(2,3)14-9(13)11(4-5-11)8-6-12-7-8/h8,12H,4-7H2,1-3H3. The van der Waals surface area contributed by atoms with E-state index in [0.717, 1.165) is 25.9 Å². The van der Waals surface area contributed by atoms with E-state index in [1.807, 2.05) is 20.8 Å². The van der Waals surface area contributed by atoms with Crippen molar-refractivity contribution in [3.63, 3.8) is 0 Å². The Morgan fingerprint density at radius 2 is 1.93 bits per heavy atom. The van der Waals surface area contributed by atoms with Gasteiger partial charge in [0.05, 0.1) is 5.41 Å². The van der Waals surface area contributed by atoms with Gasteiger partial charge in [0, 0.05) is 13.1 Å². The van der Waals surface area contributed by atoms with Gasteiger partial charge in [0.15, 0.2) is 0 Å². The molecule has 0 aromatic carbocycles. The minimum Gasteiger partial charge on any atom is -0.460 e. The van der Waals surface area contributed by atoms with Gasteiger partial charge >= 0.3 is 5.97 Å². The molecule has 2 fully saturated rings. The summed E-state index contributed by atoms with van der Waals surface area (Å²) in [7, 11) is 0. The molecule has 0 spiro atoms. The lowest BCUT2D eigenvalue weighted by atomic mass is 9.84. The van der Waals surface area contributed by atoms with E-state index in [9.17, 15) is 4.79 Å². The number of hydrogen-bond acceptors (Lipinski definition) is 3. The first-order valence-corrected chi connectivity index (χ1v) is 5.38. The molecular formula is C11H19NO2. The first kappa shape index (κ1) is 9.97. The molecule has 0 amide bonds. The summed E-state index contributed by atoms with van der Waals surface area (Å²) in [5, 5.41) is 3.22. The van der Waals surface area contributed by atoms with E-state index < -0.39 is 0 Å². The van der Waals surface area contributed by atoms with Crippen LogP contribution in [0.2, 0.25) is 0 Å². The molecule has 1 aliphatic carbocycles. The molecule has 14 heavy (non-hydrogen) atoms. The van der Waals surface area contributed by atoms with Crippen LogP contribution in [0.1, 0.15) is 33.6 Å². The fraction of sp³-hybridized carbons (Fsp3) is 0.909. The Balaban J connectivity index is 1.97. The van der Waals surface area contributed by atoms with E-state index in [1.165, 1.54) is 0 Å². The molecule has 0 atom stereocenters. The molecular weight excluding hydrogens is 178 g/mol. The van der Waals surface area contributed by atoms with Gasteiger partial charge in [-0.05, 0) is 39.5 Å². The quantitative estimate of drug-likeness (QED) is 0.679. The minimum absolute atomic E-state index is 0.0245. The molecule has 3 heteroatoms. The first-order valence-electron chi connectivity index (χ1n) is 5.38. The van der Waals surface area contributed by atoms with Gasteiger partial charge in [0.25, 0.3) is 0 Å². The zero-order chi connectivity index (χ0) is 10.4. The highest BCUT2D eigenvalue weighted by molar-refractivity contribution is 5.81. The molecule has 3 nitrogen and oxygen atoms in total. The fourth-order valence-corrected chi connectivity index (χ4v) is 1.97. The monoisotopic (exact) mass is 197 g/mol. The van der Waals surface area contributed by atoms with E-state index in [1.54, 1.807) is 0 Å². The summed E-state index contributed by atoms with van der Waals surface area (Å²) in [6.07, 6.45) is 2.04. The largest absolute Gasteiger partial charge is 0.460 e. The average Bonchev–Trinajstić information content (AvgIpc) is 2.60. The van der Waals surface area contributed by atoms with Gasteiger partial charge in [0.1, 0.15) is 5.60 Å². The van der Waals surface area contributed by atoms with Crippen LogP contribution < -0.4 is 5.32 Å².